The van der Waals surface area contributed by atoms with E-state index >= 15 is 0 Å². The molecule has 2 N–H and O–H groups in total. The fourth-order valence-corrected chi connectivity index (χ4v) is 1.68. The minimum Gasteiger partial charge on any atom is -0.292 e. The molecular formula is C9H10N4O2. The number of nitrogens with one attached hydrogen (secondary N) is 2. The van der Waals surface area contributed by atoms with Crippen molar-refractivity contribution in [2.75, 3.05) is 0 Å². The van der Waals surface area contributed by atoms with Gasteiger partial charge in [0, 0.05) is 6.54 Å². The maximum absolute atomic E-state index is 11.4. The molecule has 6 heteroatoms. The van der Waals surface area contributed by atoms with E-state index < -0.39 is 5.69 Å². The third-order valence-corrected chi connectivity index (χ3v) is 2.67. The van der Waals surface area contributed by atoms with Gasteiger partial charge in [0.1, 0.15) is 11.0 Å². The van der Waals surface area contributed by atoms with Gasteiger partial charge in [-0.25, -0.2) is 9.48 Å². The molecule has 6 nitrogen and oxygen atoms in total. The fraction of sp³-hybridized carbons (Fsp3) is 0.444. The van der Waals surface area contributed by atoms with Gasteiger partial charge in [-0.1, -0.05) is 0 Å². The van der Waals surface area contributed by atoms with Gasteiger partial charge in [0.05, 0.1) is 6.20 Å². The quantitative estimate of drug-likeness (QED) is 0.715. The number of hydrogen-bond acceptors (Lipinski definition) is 3. The molecule has 0 atom stereocenters. The highest BCUT2D eigenvalue weighted by atomic mass is 16.2. The van der Waals surface area contributed by atoms with Crippen molar-refractivity contribution in [3.8, 4) is 0 Å². The number of fused-ring (bicyclic) bond motifs is 1. The number of hydrogen-bond donors (Lipinski definition) is 2. The molecule has 0 radical (unpaired) electrons. The predicted octanol–water partition coefficient (Wildman–Crippen LogP) is -0.177. The van der Waals surface area contributed by atoms with E-state index in [2.05, 4.69) is 15.1 Å². The van der Waals surface area contributed by atoms with Crippen LogP contribution in [0.4, 0.5) is 0 Å². The highest BCUT2D eigenvalue weighted by Gasteiger charge is 2.23. The molecule has 0 spiro atoms. The molecule has 2 aromatic rings. The SMILES string of the molecule is O=c1[nH]c(=O)c2cnn(CC3CC3)c2[nH]1. The summed E-state index contributed by atoms with van der Waals surface area (Å²) in [5.74, 6) is 0.649. The number of aromatic amines is 2. The minimum atomic E-state index is -0.481. The second kappa shape index (κ2) is 2.82. The molecule has 0 unspecified atom stereocenters. The summed E-state index contributed by atoms with van der Waals surface area (Å²) in [6.45, 7) is 0.781. The van der Waals surface area contributed by atoms with Gasteiger partial charge in [-0.05, 0) is 18.8 Å². The molecule has 0 aromatic carbocycles. The standard InChI is InChI=1S/C9H10N4O2/c14-8-6-3-10-13(4-5-1-2-5)7(6)11-9(15)12-8/h3,5H,1-2,4H2,(H2,11,12,14,15). The van der Waals surface area contributed by atoms with Crippen LogP contribution in [0.25, 0.3) is 11.0 Å². The Morgan fingerprint density at radius 1 is 1.40 bits per heavy atom. The van der Waals surface area contributed by atoms with Crippen molar-refractivity contribution in [1.29, 1.82) is 0 Å². The molecule has 0 saturated heterocycles. The third-order valence-electron chi connectivity index (χ3n) is 2.67. The number of aromatic nitrogens is 4. The summed E-state index contributed by atoms with van der Waals surface area (Å²) in [6.07, 6.45) is 3.90. The van der Waals surface area contributed by atoms with Gasteiger partial charge in [-0.15, -0.1) is 0 Å². The van der Waals surface area contributed by atoms with Crippen LogP contribution in [0.15, 0.2) is 15.8 Å². The Morgan fingerprint density at radius 2 is 2.20 bits per heavy atom. The number of H-pyrrole nitrogens is 2. The topological polar surface area (TPSA) is 83.5 Å². The Kier molecular flexibility index (Phi) is 1.59. The molecular weight excluding hydrogens is 196 g/mol. The molecule has 3 rings (SSSR count). The molecule has 1 aliphatic carbocycles. The highest BCUT2D eigenvalue weighted by molar-refractivity contribution is 5.72. The summed E-state index contributed by atoms with van der Waals surface area (Å²) >= 11 is 0. The Hall–Kier alpha value is -1.85. The summed E-state index contributed by atoms with van der Waals surface area (Å²) in [5, 5.41) is 4.54. The Morgan fingerprint density at radius 3 is 2.93 bits per heavy atom. The van der Waals surface area contributed by atoms with Crippen molar-refractivity contribution in [3.05, 3.63) is 27.0 Å². The van der Waals surface area contributed by atoms with E-state index in [1.165, 1.54) is 19.0 Å². The van der Waals surface area contributed by atoms with Gasteiger partial charge in [-0.2, -0.15) is 5.10 Å². The summed E-state index contributed by atoms with van der Waals surface area (Å²) in [6, 6.07) is 0. The zero-order valence-corrected chi connectivity index (χ0v) is 7.99. The van der Waals surface area contributed by atoms with Gasteiger partial charge in [0.15, 0.2) is 0 Å². The van der Waals surface area contributed by atoms with Gasteiger partial charge in [-0.3, -0.25) is 14.8 Å². The summed E-state index contributed by atoms with van der Waals surface area (Å²) < 4.78 is 1.70. The molecule has 15 heavy (non-hydrogen) atoms. The van der Waals surface area contributed by atoms with E-state index in [-0.39, 0.29) is 5.56 Å². The van der Waals surface area contributed by atoms with E-state index in [4.69, 9.17) is 0 Å². The van der Waals surface area contributed by atoms with Crippen LogP contribution in [0.2, 0.25) is 0 Å². The van der Waals surface area contributed by atoms with Crippen LogP contribution in [-0.4, -0.2) is 19.7 Å². The zero-order valence-electron chi connectivity index (χ0n) is 7.99. The number of rotatable bonds is 2. The molecule has 78 valence electrons. The van der Waals surface area contributed by atoms with Crippen molar-refractivity contribution in [1.82, 2.24) is 19.7 Å². The predicted molar refractivity (Wildman–Crippen MR) is 53.7 cm³/mol. The molecule has 0 amide bonds. The smallest absolute Gasteiger partial charge is 0.292 e. The van der Waals surface area contributed by atoms with Crippen molar-refractivity contribution in [3.63, 3.8) is 0 Å². The zero-order chi connectivity index (χ0) is 10.4. The average molecular weight is 206 g/mol. The van der Waals surface area contributed by atoms with E-state index in [1.807, 2.05) is 0 Å². The lowest BCUT2D eigenvalue weighted by molar-refractivity contribution is 0.575. The average Bonchev–Trinajstić information content (AvgIpc) is 2.89. The molecule has 1 aliphatic rings. The summed E-state index contributed by atoms with van der Waals surface area (Å²) in [4.78, 5) is 27.3. The van der Waals surface area contributed by atoms with Crippen LogP contribution >= 0.6 is 0 Å². The van der Waals surface area contributed by atoms with Crippen molar-refractivity contribution >= 4 is 11.0 Å². The van der Waals surface area contributed by atoms with E-state index in [0.29, 0.717) is 17.0 Å². The molecule has 2 heterocycles. The second-order valence-corrected chi connectivity index (χ2v) is 3.94. The van der Waals surface area contributed by atoms with Crippen molar-refractivity contribution in [2.24, 2.45) is 5.92 Å². The van der Waals surface area contributed by atoms with E-state index in [9.17, 15) is 9.59 Å². The summed E-state index contributed by atoms with van der Waals surface area (Å²) in [5.41, 5.74) is -0.337. The first kappa shape index (κ1) is 8.46. The van der Waals surface area contributed by atoms with Gasteiger partial charge < -0.3 is 0 Å². The van der Waals surface area contributed by atoms with Crippen LogP contribution < -0.4 is 11.2 Å². The second-order valence-electron chi connectivity index (χ2n) is 3.94. The lowest BCUT2D eigenvalue weighted by atomic mass is 10.4. The summed E-state index contributed by atoms with van der Waals surface area (Å²) in [7, 11) is 0. The van der Waals surface area contributed by atoms with E-state index in [1.54, 1.807) is 4.68 Å². The van der Waals surface area contributed by atoms with Gasteiger partial charge in [0.2, 0.25) is 0 Å². The van der Waals surface area contributed by atoms with Crippen molar-refractivity contribution < 1.29 is 0 Å². The van der Waals surface area contributed by atoms with E-state index in [0.717, 1.165) is 6.54 Å². The lowest BCUT2D eigenvalue weighted by Crippen LogP contribution is -2.22. The highest BCUT2D eigenvalue weighted by Crippen LogP contribution is 2.30. The van der Waals surface area contributed by atoms with Crippen LogP contribution in [0.1, 0.15) is 12.8 Å². The molecule has 2 aromatic heterocycles. The lowest BCUT2D eigenvalue weighted by Gasteiger charge is -1.99. The van der Waals surface area contributed by atoms with Gasteiger partial charge in [0.25, 0.3) is 5.56 Å². The van der Waals surface area contributed by atoms with Crippen LogP contribution in [0, 0.1) is 5.92 Å². The van der Waals surface area contributed by atoms with Crippen LogP contribution in [0.3, 0.4) is 0 Å². The first-order chi connectivity index (χ1) is 7.24. The Labute approximate surface area is 83.9 Å². The van der Waals surface area contributed by atoms with Gasteiger partial charge >= 0.3 is 5.69 Å². The van der Waals surface area contributed by atoms with Crippen LogP contribution in [0.5, 0.6) is 0 Å². The number of nitrogens with zero attached hydrogens (tertiary/aromatic N) is 2. The molecule has 0 aliphatic heterocycles. The maximum atomic E-state index is 11.4. The Bertz CT molecular complexity index is 617. The first-order valence-corrected chi connectivity index (χ1v) is 4.92. The monoisotopic (exact) mass is 206 g/mol. The molecule has 1 fully saturated rings. The first-order valence-electron chi connectivity index (χ1n) is 4.92. The maximum Gasteiger partial charge on any atom is 0.327 e. The van der Waals surface area contributed by atoms with Crippen molar-refractivity contribution in [2.45, 2.75) is 19.4 Å². The largest absolute Gasteiger partial charge is 0.327 e. The molecule has 0 bridgehead atoms. The fourth-order valence-electron chi connectivity index (χ4n) is 1.68. The molecule has 1 saturated carbocycles. The minimum absolute atomic E-state index is 0.379. The Balaban J connectivity index is 2.22. The van der Waals surface area contributed by atoms with Crippen LogP contribution in [-0.2, 0) is 6.54 Å². The third kappa shape index (κ3) is 1.38. The normalized spacial score (nSPS) is 16.0.